The number of aliphatic hydroxyl groups is 1. The molecule has 2 aliphatic rings. The van der Waals surface area contributed by atoms with E-state index in [0.29, 0.717) is 18.2 Å². The molecule has 0 radical (unpaired) electrons. The van der Waals surface area contributed by atoms with Crippen LogP contribution in [0, 0.1) is 5.92 Å². The van der Waals surface area contributed by atoms with Gasteiger partial charge in [-0.3, -0.25) is 9.69 Å². The lowest BCUT2D eigenvalue weighted by Gasteiger charge is -2.25. The van der Waals surface area contributed by atoms with E-state index in [4.69, 9.17) is 9.52 Å². The van der Waals surface area contributed by atoms with Crippen LogP contribution in [-0.4, -0.2) is 35.0 Å². The Bertz CT molecular complexity index is 508. The van der Waals surface area contributed by atoms with Gasteiger partial charge in [-0.1, -0.05) is 19.3 Å². The zero-order valence-electron chi connectivity index (χ0n) is 13.8. The molecule has 0 unspecified atom stereocenters. The molecule has 1 aliphatic carbocycles. The molecule has 128 valence electrons. The first-order chi connectivity index (χ1) is 11.3. The summed E-state index contributed by atoms with van der Waals surface area (Å²) in [7, 11) is 0. The molecule has 1 atom stereocenters. The summed E-state index contributed by atoms with van der Waals surface area (Å²) in [5, 5.41) is 12.2. The lowest BCUT2D eigenvalue weighted by Crippen LogP contribution is -2.44. The Balaban J connectivity index is 1.49. The molecule has 5 nitrogen and oxygen atoms in total. The molecular formula is C18H28N2O3. The molecular weight excluding hydrogens is 292 g/mol. The molecule has 2 heterocycles. The van der Waals surface area contributed by atoms with Gasteiger partial charge in [0.25, 0.3) is 0 Å². The van der Waals surface area contributed by atoms with Crippen LogP contribution in [0.4, 0.5) is 0 Å². The number of furan rings is 1. The first-order valence-electron chi connectivity index (χ1n) is 8.96. The summed E-state index contributed by atoms with van der Waals surface area (Å²) in [5.74, 6) is 2.24. The van der Waals surface area contributed by atoms with Crippen molar-refractivity contribution in [2.24, 2.45) is 5.92 Å². The fourth-order valence-corrected chi connectivity index (χ4v) is 3.86. The van der Waals surface area contributed by atoms with Crippen molar-refractivity contribution >= 4 is 5.91 Å². The molecule has 0 bridgehead atoms. The predicted octanol–water partition coefficient (Wildman–Crippen LogP) is 2.43. The molecule has 1 amide bonds. The van der Waals surface area contributed by atoms with Gasteiger partial charge in [0.2, 0.25) is 5.91 Å². The van der Waals surface area contributed by atoms with Gasteiger partial charge in [-0.25, -0.2) is 0 Å². The maximum atomic E-state index is 12.5. The minimum atomic E-state index is -0.0781. The fourth-order valence-electron chi connectivity index (χ4n) is 3.86. The predicted molar refractivity (Wildman–Crippen MR) is 87.6 cm³/mol. The van der Waals surface area contributed by atoms with Crippen molar-refractivity contribution in [3.05, 3.63) is 23.7 Å². The van der Waals surface area contributed by atoms with Gasteiger partial charge >= 0.3 is 0 Å². The average molecular weight is 320 g/mol. The monoisotopic (exact) mass is 320 g/mol. The van der Waals surface area contributed by atoms with Crippen molar-refractivity contribution < 1.29 is 14.3 Å². The van der Waals surface area contributed by atoms with Crippen molar-refractivity contribution in [3.8, 4) is 0 Å². The highest BCUT2D eigenvalue weighted by atomic mass is 16.4. The van der Waals surface area contributed by atoms with Crippen molar-refractivity contribution in [1.29, 1.82) is 0 Å². The standard InChI is InChI=1S/C18H28N2O3/c21-13-16-9-8-15(23-16)12-20-10-4-7-17(20)18(22)19-11-14-5-2-1-3-6-14/h8-9,14,17,21H,1-7,10-13H2,(H,19,22)/t17-/m0/s1. The van der Waals surface area contributed by atoms with E-state index in [0.717, 1.165) is 31.7 Å². The maximum Gasteiger partial charge on any atom is 0.237 e. The van der Waals surface area contributed by atoms with E-state index in [9.17, 15) is 4.79 Å². The molecule has 1 aliphatic heterocycles. The minimum absolute atomic E-state index is 0.0405. The summed E-state index contributed by atoms with van der Waals surface area (Å²) in [5.41, 5.74) is 0. The maximum absolute atomic E-state index is 12.5. The van der Waals surface area contributed by atoms with Gasteiger partial charge in [-0.05, 0) is 50.3 Å². The average Bonchev–Trinajstić information content (AvgIpc) is 3.23. The van der Waals surface area contributed by atoms with Crippen molar-refractivity contribution in [1.82, 2.24) is 10.2 Å². The normalized spacial score (nSPS) is 23.3. The number of amides is 1. The number of carbonyl (C=O) groups excluding carboxylic acids is 1. The first kappa shape index (κ1) is 16.5. The summed E-state index contributed by atoms with van der Waals surface area (Å²) in [6.45, 7) is 2.32. The third-order valence-corrected chi connectivity index (χ3v) is 5.19. The number of hydrogen-bond donors (Lipinski definition) is 2. The number of nitrogens with zero attached hydrogens (tertiary/aromatic N) is 1. The van der Waals surface area contributed by atoms with E-state index >= 15 is 0 Å². The Morgan fingerprint density at radius 2 is 1.96 bits per heavy atom. The Labute approximate surface area is 138 Å². The SMILES string of the molecule is O=C(NCC1CCCCC1)[C@@H]1CCCN1Cc1ccc(CO)o1. The van der Waals surface area contributed by atoms with E-state index in [2.05, 4.69) is 10.2 Å². The van der Waals surface area contributed by atoms with Crippen LogP contribution in [0.1, 0.15) is 56.5 Å². The molecule has 3 rings (SSSR count). The van der Waals surface area contributed by atoms with Crippen LogP contribution in [-0.2, 0) is 17.9 Å². The van der Waals surface area contributed by atoms with Crippen molar-refractivity contribution in [2.75, 3.05) is 13.1 Å². The van der Waals surface area contributed by atoms with Crippen LogP contribution in [0.25, 0.3) is 0 Å². The van der Waals surface area contributed by atoms with Gasteiger partial charge < -0.3 is 14.8 Å². The Morgan fingerprint density at radius 3 is 2.70 bits per heavy atom. The third-order valence-electron chi connectivity index (χ3n) is 5.19. The zero-order valence-corrected chi connectivity index (χ0v) is 13.8. The van der Waals surface area contributed by atoms with Crippen molar-refractivity contribution in [2.45, 2.75) is 64.1 Å². The van der Waals surface area contributed by atoms with Crippen LogP contribution in [0.2, 0.25) is 0 Å². The first-order valence-corrected chi connectivity index (χ1v) is 8.96. The quantitative estimate of drug-likeness (QED) is 0.845. The number of likely N-dealkylation sites (tertiary alicyclic amines) is 1. The lowest BCUT2D eigenvalue weighted by molar-refractivity contribution is -0.125. The van der Waals surface area contributed by atoms with Gasteiger partial charge in [0.1, 0.15) is 18.1 Å². The minimum Gasteiger partial charge on any atom is -0.462 e. The Hall–Kier alpha value is -1.33. The lowest BCUT2D eigenvalue weighted by atomic mass is 9.89. The van der Waals surface area contributed by atoms with Gasteiger partial charge in [-0.15, -0.1) is 0 Å². The summed E-state index contributed by atoms with van der Waals surface area (Å²) in [4.78, 5) is 14.7. The fraction of sp³-hybridized carbons (Fsp3) is 0.722. The second kappa shape index (κ2) is 7.97. The Kier molecular flexibility index (Phi) is 5.73. The van der Waals surface area contributed by atoms with E-state index in [-0.39, 0.29) is 18.6 Å². The molecule has 1 aromatic heterocycles. The number of nitrogens with one attached hydrogen (secondary N) is 1. The van der Waals surface area contributed by atoms with Gasteiger partial charge in [-0.2, -0.15) is 0 Å². The molecule has 1 saturated carbocycles. The van der Waals surface area contributed by atoms with Crippen LogP contribution in [0.15, 0.2) is 16.5 Å². The summed E-state index contributed by atoms with van der Waals surface area (Å²) < 4.78 is 5.55. The molecule has 1 saturated heterocycles. The van der Waals surface area contributed by atoms with Crippen LogP contribution in [0.3, 0.4) is 0 Å². The number of rotatable bonds is 6. The molecule has 2 N–H and O–H groups in total. The van der Waals surface area contributed by atoms with E-state index in [1.165, 1.54) is 32.1 Å². The van der Waals surface area contributed by atoms with Gasteiger partial charge in [0.05, 0.1) is 12.6 Å². The van der Waals surface area contributed by atoms with Gasteiger partial charge in [0.15, 0.2) is 0 Å². The molecule has 5 heteroatoms. The highest BCUT2D eigenvalue weighted by Gasteiger charge is 2.31. The molecule has 0 spiro atoms. The second-order valence-electron chi connectivity index (χ2n) is 6.90. The number of aliphatic hydroxyl groups excluding tert-OH is 1. The van der Waals surface area contributed by atoms with E-state index in [1.807, 2.05) is 6.07 Å². The van der Waals surface area contributed by atoms with Crippen LogP contribution < -0.4 is 5.32 Å². The van der Waals surface area contributed by atoms with E-state index < -0.39 is 0 Å². The van der Waals surface area contributed by atoms with Gasteiger partial charge in [0, 0.05) is 6.54 Å². The van der Waals surface area contributed by atoms with Crippen LogP contribution >= 0.6 is 0 Å². The largest absolute Gasteiger partial charge is 0.462 e. The summed E-state index contributed by atoms with van der Waals surface area (Å²) in [6.07, 6.45) is 8.44. The number of hydrogen-bond acceptors (Lipinski definition) is 4. The Morgan fingerprint density at radius 1 is 1.17 bits per heavy atom. The molecule has 1 aromatic rings. The third kappa shape index (κ3) is 4.36. The van der Waals surface area contributed by atoms with Crippen LogP contribution in [0.5, 0.6) is 0 Å². The topological polar surface area (TPSA) is 65.7 Å². The zero-order chi connectivity index (χ0) is 16.1. The summed E-state index contributed by atoms with van der Waals surface area (Å²) in [6, 6.07) is 3.64. The molecule has 0 aromatic carbocycles. The number of carbonyl (C=O) groups is 1. The highest BCUT2D eigenvalue weighted by Crippen LogP contribution is 2.24. The summed E-state index contributed by atoms with van der Waals surface area (Å²) >= 11 is 0. The highest BCUT2D eigenvalue weighted by molar-refractivity contribution is 5.82. The molecule has 23 heavy (non-hydrogen) atoms. The second-order valence-corrected chi connectivity index (χ2v) is 6.90. The van der Waals surface area contributed by atoms with E-state index in [1.54, 1.807) is 6.07 Å². The smallest absolute Gasteiger partial charge is 0.237 e. The molecule has 2 fully saturated rings. The van der Waals surface area contributed by atoms with Crippen molar-refractivity contribution in [3.63, 3.8) is 0 Å².